The molecule has 3 heteroatoms. The fourth-order valence-corrected chi connectivity index (χ4v) is 2.96. The number of nitrogens with one attached hydrogen (secondary N) is 1. The molecule has 1 heterocycles. The van der Waals surface area contributed by atoms with Crippen LogP contribution in [0.2, 0.25) is 0 Å². The van der Waals surface area contributed by atoms with Crippen molar-refractivity contribution in [1.82, 2.24) is 5.32 Å². The predicted octanol–water partition coefficient (Wildman–Crippen LogP) is 1.43. The van der Waals surface area contributed by atoms with E-state index in [1.54, 1.807) is 0 Å². The number of aliphatic hydroxyl groups is 1. The van der Waals surface area contributed by atoms with Crippen molar-refractivity contribution in [2.75, 3.05) is 13.1 Å². The highest BCUT2D eigenvalue weighted by Crippen LogP contribution is 2.48. The minimum Gasteiger partial charge on any atom is -0.386 e. The Labute approximate surface area is 91.5 Å². The summed E-state index contributed by atoms with van der Waals surface area (Å²) < 4.78 is 0. The second-order valence-electron chi connectivity index (χ2n) is 5.18. The summed E-state index contributed by atoms with van der Waals surface area (Å²) in [5.74, 6) is 0.767. The van der Waals surface area contributed by atoms with Gasteiger partial charge in [0.2, 0.25) is 0 Å². The van der Waals surface area contributed by atoms with Crippen molar-refractivity contribution in [3.8, 4) is 6.07 Å². The molecule has 0 spiro atoms. The quantitative estimate of drug-likeness (QED) is 0.722. The smallest absolute Gasteiger partial charge is 0.108 e. The normalized spacial score (nSPS) is 39.1. The molecule has 3 nitrogen and oxygen atoms in total. The molecule has 0 atom stereocenters. The molecule has 84 valence electrons. The number of rotatable bonds is 2. The van der Waals surface area contributed by atoms with Crippen molar-refractivity contribution in [2.24, 2.45) is 11.3 Å². The molecule has 2 fully saturated rings. The molecule has 1 aliphatic carbocycles. The second-order valence-corrected chi connectivity index (χ2v) is 5.18. The molecule has 0 unspecified atom stereocenters. The van der Waals surface area contributed by atoms with E-state index in [9.17, 15) is 10.4 Å². The number of β-amino-alcohol motifs (C(OH)–C–C–N with tert-alkyl or cyclic N) is 1. The Hall–Kier alpha value is -0.590. The summed E-state index contributed by atoms with van der Waals surface area (Å²) in [6.07, 6.45) is 5.16. The summed E-state index contributed by atoms with van der Waals surface area (Å²) in [5, 5.41) is 22.8. The molecule has 0 radical (unpaired) electrons. The molecule has 0 aromatic rings. The van der Waals surface area contributed by atoms with E-state index >= 15 is 0 Å². The summed E-state index contributed by atoms with van der Waals surface area (Å²) >= 11 is 0. The zero-order valence-corrected chi connectivity index (χ0v) is 9.42. The fourth-order valence-electron chi connectivity index (χ4n) is 2.96. The minimum atomic E-state index is -0.750. The van der Waals surface area contributed by atoms with Crippen LogP contribution in [0.4, 0.5) is 0 Å². The number of nitriles is 1. The second kappa shape index (κ2) is 3.77. The Morgan fingerprint density at radius 1 is 1.40 bits per heavy atom. The zero-order chi connectivity index (χ0) is 10.9. The molecule has 1 saturated heterocycles. The van der Waals surface area contributed by atoms with Gasteiger partial charge in [-0.15, -0.1) is 0 Å². The van der Waals surface area contributed by atoms with E-state index in [0.717, 1.165) is 31.6 Å². The van der Waals surface area contributed by atoms with Crippen LogP contribution in [0.15, 0.2) is 0 Å². The largest absolute Gasteiger partial charge is 0.386 e. The van der Waals surface area contributed by atoms with Gasteiger partial charge in [-0.25, -0.2) is 0 Å². The van der Waals surface area contributed by atoms with Crippen LogP contribution in [0, 0.1) is 22.7 Å². The van der Waals surface area contributed by atoms with Crippen LogP contribution in [0.5, 0.6) is 0 Å². The Kier molecular flexibility index (Phi) is 2.74. The molecule has 15 heavy (non-hydrogen) atoms. The van der Waals surface area contributed by atoms with Gasteiger partial charge in [-0.05, 0) is 31.6 Å². The van der Waals surface area contributed by atoms with E-state index in [0.29, 0.717) is 13.1 Å². The topological polar surface area (TPSA) is 56.0 Å². The summed E-state index contributed by atoms with van der Waals surface area (Å²) in [6.45, 7) is 3.40. The maximum Gasteiger partial charge on any atom is 0.108 e. The van der Waals surface area contributed by atoms with Crippen LogP contribution in [-0.2, 0) is 0 Å². The standard InChI is InChI=1S/C12H20N2O/c1-2-10-3-5-11(7-13,6-4-10)12(15)8-14-9-12/h10,14-15H,2-6,8-9H2,1H3. The lowest BCUT2D eigenvalue weighted by molar-refractivity contribution is -0.112. The van der Waals surface area contributed by atoms with Crippen molar-refractivity contribution in [1.29, 1.82) is 5.26 Å². The first-order valence-electron chi connectivity index (χ1n) is 6.00. The average molecular weight is 208 g/mol. The Morgan fingerprint density at radius 3 is 2.33 bits per heavy atom. The van der Waals surface area contributed by atoms with E-state index in [4.69, 9.17) is 0 Å². The maximum atomic E-state index is 10.4. The van der Waals surface area contributed by atoms with Crippen LogP contribution < -0.4 is 5.32 Å². The van der Waals surface area contributed by atoms with Gasteiger partial charge in [0.05, 0.1) is 11.5 Å². The molecule has 2 aliphatic rings. The summed E-state index contributed by atoms with van der Waals surface area (Å²) in [5.41, 5.74) is -1.22. The van der Waals surface area contributed by atoms with Gasteiger partial charge in [-0.1, -0.05) is 13.3 Å². The molecule has 0 bridgehead atoms. The van der Waals surface area contributed by atoms with Gasteiger partial charge in [0.1, 0.15) is 5.60 Å². The number of hydrogen-bond donors (Lipinski definition) is 2. The molecular weight excluding hydrogens is 188 g/mol. The SMILES string of the molecule is CCC1CCC(C#N)(C2(O)CNC2)CC1. The van der Waals surface area contributed by atoms with E-state index in [1.807, 2.05) is 0 Å². The van der Waals surface area contributed by atoms with Gasteiger partial charge in [0.15, 0.2) is 0 Å². The molecule has 0 amide bonds. The molecule has 2 rings (SSSR count). The summed E-state index contributed by atoms with van der Waals surface area (Å²) in [6, 6.07) is 2.41. The first kappa shape index (κ1) is 10.9. The monoisotopic (exact) mass is 208 g/mol. The molecular formula is C12H20N2O. The van der Waals surface area contributed by atoms with Gasteiger partial charge in [-0.3, -0.25) is 0 Å². The van der Waals surface area contributed by atoms with Gasteiger partial charge >= 0.3 is 0 Å². The molecule has 2 N–H and O–H groups in total. The first-order valence-corrected chi connectivity index (χ1v) is 6.00. The summed E-state index contributed by atoms with van der Waals surface area (Å²) in [4.78, 5) is 0. The van der Waals surface area contributed by atoms with Crippen LogP contribution in [0.25, 0.3) is 0 Å². The Balaban J connectivity index is 2.08. The Morgan fingerprint density at radius 2 is 2.00 bits per heavy atom. The minimum absolute atomic E-state index is 0.468. The Bertz CT molecular complexity index is 270. The first-order chi connectivity index (χ1) is 7.16. The van der Waals surface area contributed by atoms with Gasteiger partial charge in [-0.2, -0.15) is 5.26 Å². The predicted molar refractivity (Wildman–Crippen MR) is 58.1 cm³/mol. The number of hydrogen-bond acceptors (Lipinski definition) is 3. The third kappa shape index (κ3) is 1.56. The van der Waals surface area contributed by atoms with Crippen molar-refractivity contribution in [3.63, 3.8) is 0 Å². The van der Waals surface area contributed by atoms with Crippen LogP contribution in [0.3, 0.4) is 0 Å². The summed E-state index contributed by atoms with van der Waals surface area (Å²) in [7, 11) is 0. The van der Waals surface area contributed by atoms with Crippen LogP contribution in [0.1, 0.15) is 39.0 Å². The maximum absolute atomic E-state index is 10.4. The zero-order valence-electron chi connectivity index (χ0n) is 9.42. The lowest BCUT2D eigenvalue weighted by Gasteiger charge is -2.51. The lowest BCUT2D eigenvalue weighted by Crippen LogP contribution is -2.68. The average Bonchev–Trinajstić information content (AvgIpc) is 2.26. The van der Waals surface area contributed by atoms with Crippen LogP contribution in [-0.4, -0.2) is 23.8 Å². The molecule has 0 aromatic heterocycles. The lowest BCUT2D eigenvalue weighted by atomic mass is 9.60. The molecule has 0 aromatic carbocycles. The van der Waals surface area contributed by atoms with Crippen molar-refractivity contribution in [3.05, 3.63) is 0 Å². The van der Waals surface area contributed by atoms with E-state index in [1.165, 1.54) is 6.42 Å². The fraction of sp³-hybridized carbons (Fsp3) is 0.917. The van der Waals surface area contributed by atoms with Crippen molar-refractivity contribution >= 4 is 0 Å². The van der Waals surface area contributed by atoms with Gasteiger partial charge < -0.3 is 10.4 Å². The van der Waals surface area contributed by atoms with E-state index in [2.05, 4.69) is 18.3 Å². The van der Waals surface area contributed by atoms with Crippen molar-refractivity contribution < 1.29 is 5.11 Å². The molecule has 1 aliphatic heterocycles. The third-order valence-electron chi connectivity index (χ3n) is 4.48. The van der Waals surface area contributed by atoms with Gasteiger partial charge in [0, 0.05) is 13.1 Å². The van der Waals surface area contributed by atoms with Crippen LogP contribution >= 0.6 is 0 Å². The highest BCUT2D eigenvalue weighted by Gasteiger charge is 2.55. The highest BCUT2D eigenvalue weighted by molar-refractivity contribution is 5.18. The van der Waals surface area contributed by atoms with Gasteiger partial charge in [0.25, 0.3) is 0 Å². The van der Waals surface area contributed by atoms with E-state index < -0.39 is 11.0 Å². The number of nitrogens with zero attached hydrogens (tertiary/aromatic N) is 1. The highest BCUT2D eigenvalue weighted by atomic mass is 16.3. The van der Waals surface area contributed by atoms with Crippen molar-refractivity contribution in [2.45, 2.75) is 44.6 Å². The van der Waals surface area contributed by atoms with E-state index in [-0.39, 0.29) is 0 Å². The third-order valence-corrected chi connectivity index (χ3v) is 4.48. The molecule has 1 saturated carbocycles.